The predicted octanol–water partition coefficient (Wildman–Crippen LogP) is 4.50. The van der Waals surface area contributed by atoms with Crippen molar-refractivity contribution in [3.05, 3.63) is 78.6 Å². The minimum Gasteiger partial charge on any atom is -0.444 e. The van der Waals surface area contributed by atoms with Crippen molar-refractivity contribution in [1.82, 2.24) is 9.47 Å². The van der Waals surface area contributed by atoms with E-state index in [1.54, 1.807) is 93.3 Å². The number of carbonyl (C=O) groups is 1. The zero-order valence-electron chi connectivity index (χ0n) is 18.7. The molecule has 1 aromatic carbocycles. The molecule has 160 valence electrons. The molecule has 1 amide bonds. The standard InChI is InChI=1S/C23H28N2O4S/c1-22(2,3)29-21(26)24(4)17-19-13-16-25(18-19)23(14-9-6-10-15-23)30(27,28)20-11-7-5-8-12-20/h5-14,16,18H,15,17H2,1-4H3/i9D. The summed E-state index contributed by atoms with van der Waals surface area (Å²) in [6.07, 6.45) is 7.90. The van der Waals surface area contributed by atoms with Crippen LogP contribution in [-0.4, -0.2) is 36.6 Å². The number of aromatic nitrogens is 1. The molecule has 3 rings (SSSR count). The van der Waals surface area contributed by atoms with Crippen molar-refractivity contribution in [3.8, 4) is 0 Å². The molecule has 1 heterocycles. The summed E-state index contributed by atoms with van der Waals surface area (Å²) in [7, 11) is -2.22. The molecule has 0 bridgehead atoms. The van der Waals surface area contributed by atoms with Crippen LogP contribution < -0.4 is 0 Å². The van der Waals surface area contributed by atoms with Crippen molar-refractivity contribution in [2.75, 3.05) is 7.05 Å². The molecule has 30 heavy (non-hydrogen) atoms. The van der Waals surface area contributed by atoms with Crippen LogP contribution in [-0.2, 0) is 26.0 Å². The van der Waals surface area contributed by atoms with Crippen LogP contribution in [0.15, 0.2) is 78.0 Å². The fourth-order valence-corrected chi connectivity index (χ4v) is 5.14. The van der Waals surface area contributed by atoms with E-state index in [0.29, 0.717) is 0 Å². The molecule has 0 saturated carbocycles. The zero-order chi connectivity index (χ0) is 22.9. The first kappa shape index (κ1) is 20.5. The molecular formula is C23H28N2O4S. The van der Waals surface area contributed by atoms with E-state index < -0.39 is 26.4 Å². The molecule has 2 aromatic rings. The third kappa shape index (κ3) is 4.36. The van der Waals surface area contributed by atoms with Gasteiger partial charge in [0, 0.05) is 25.9 Å². The van der Waals surface area contributed by atoms with Crippen molar-refractivity contribution < 1.29 is 19.3 Å². The minimum absolute atomic E-state index is 0.131. The van der Waals surface area contributed by atoms with Crippen LogP contribution in [0.5, 0.6) is 0 Å². The SMILES string of the molecule is [2H]C1=CC(n2ccc(CN(C)C(=O)OC(C)(C)C)c2)(S(=O)(=O)c2ccccc2)CC=C1. The largest absolute Gasteiger partial charge is 0.444 e. The Balaban J connectivity index is 1.96. The third-order valence-electron chi connectivity index (χ3n) is 4.77. The molecule has 0 fully saturated rings. The Morgan fingerprint density at radius 2 is 1.97 bits per heavy atom. The molecule has 0 spiro atoms. The number of hydrogen-bond acceptors (Lipinski definition) is 4. The lowest BCUT2D eigenvalue weighted by atomic mass is 10.1. The van der Waals surface area contributed by atoms with E-state index in [1.165, 1.54) is 11.0 Å². The van der Waals surface area contributed by atoms with Crippen LogP contribution in [0.2, 0.25) is 0 Å². The molecule has 7 heteroatoms. The van der Waals surface area contributed by atoms with E-state index >= 15 is 0 Å². The molecule has 0 N–H and O–H groups in total. The normalized spacial score (nSPS) is 19.7. The summed E-state index contributed by atoms with van der Waals surface area (Å²) in [5, 5.41) is 0. The molecule has 0 saturated heterocycles. The average Bonchev–Trinajstić information content (AvgIpc) is 3.16. The van der Waals surface area contributed by atoms with Gasteiger partial charge in [-0.1, -0.05) is 36.4 Å². The summed E-state index contributed by atoms with van der Waals surface area (Å²) in [6.45, 7) is 5.66. The fraction of sp³-hybridized carbons (Fsp3) is 0.348. The number of carbonyl (C=O) groups excluding carboxylic acids is 1. The van der Waals surface area contributed by atoms with Crippen molar-refractivity contribution in [1.29, 1.82) is 0 Å². The molecule has 1 aromatic heterocycles. The fourth-order valence-electron chi connectivity index (χ4n) is 3.29. The van der Waals surface area contributed by atoms with E-state index in [2.05, 4.69) is 0 Å². The van der Waals surface area contributed by atoms with Gasteiger partial charge in [-0.05, 0) is 50.6 Å². The first-order valence-corrected chi connectivity index (χ1v) is 11.2. The van der Waals surface area contributed by atoms with Gasteiger partial charge in [-0.15, -0.1) is 0 Å². The highest BCUT2D eigenvalue weighted by molar-refractivity contribution is 7.92. The van der Waals surface area contributed by atoms with Crippen LogP contribution in [0, 0.1) is 0 Å². The molecule has 6 nitrogen and oxygen atoms in total. The van der Waals surface area contributed by atoms with E-state index in [0.717, 1.165) is 5.56 Å². The van der Waals surface area contributed by atoms with Crippen LogP contribution in [0.25, 0.3) is 0 Å². The summed E-state index contributed by atoms with van der Waals surface area (Å²) >= 11 is 0. The van der Waals surface area contributed by atoms with Crippen LogP contribution in [0.3, 0.4) is 0 Å². The summed E-state index contributed by atoms with van der Waals surface area (Å²) in [6, 6.07) is 10.2. The number of benzene rings is 1. The second kappa shape index (κ2) is 8.14. The van der Waals surface area contributed by atoms with E-state index in [9.17, 15) is 13.2 Å². The van der Waals surface area contributed by atoms with Gasteiger partial charge in [0.1, 0.15) is 5.60 Å². The van der Waals surface area contributed by atoms with E-state index in [4.69, 9.17) is 6.11 Å². The van der Waals surface area contributed by atoms with Gasteiger partial charge in [0.15, 0.2) is 4.87 Å². The molecule has 1 atom stereocenters. The maximum absolute atomic E-state index is 13.7. The topological polar surface area (TPSA) is 68.6 Å². The lowest BCUT2D eigenvalue weighted by Crippen LogP contribution is -2.40. The Morgan fingerprint density at radius 3 is 2.60 bits per heavy atom. The van der Waals surface area contributed by atoms with Crippen molar-refractivity contribution in [2.45, 2.75) is 49.1 Å². The van der Waals surface area contributed by atoms with Gasteiger partial charge in [-0.25, -0.2) is 13.2 Å². The number of hydrogen-bond donors (Lipinski definition) is 0. The monoisotopic (exact) mass is 429 g/mol. The van der Waals surface area contributed by atoms with Crippen molar-refractivity contribution >= 4 is 15.9 Å². The highest BCUT2D eigenvalue weighted by Gasteiger charge is 2.44. The minimum atomic E-state index is -3.86. The van der Waals surface area contributed by atoms with Crippen LogP contribution >= 0.6 is 0 Å². The quantitative estimate of drug-likeness (QED) is 0.702. The summed E-state index contributed by atoms with van der Waals surface area (Å²) in [5.41, 5.74) is 0.153. The Hall–Kier alpha value is -2.80. The zero-order valence-corrected chi connectivity index (χ0v) is 18.5. The Morgan fingerprint density at radius 1 is 1.27 bits per heavy atom. The number of allylic oxidation sites excluding steroid dienone is 3. The highest BCUT2D eigenvalue weighted by atomic mass is 32.2. The van der Waals surface area contributed by atoms with E-state index in [1.807, 2.05) is 0 Å². The molecular weight excluding hydrogens is 400 g/mol. The first-order valence-electron chi connectivity index (χ1n) is 10.2. The van der Waals surface area contributed by atoms with Gasteiger partial charge >= 0.3 is 6.09 Å². The van der Waals surface area contributed by atoms with E-state index in [-0.39, 0.29) is 23.9 Å². The maximum Gasteiger partial charge on any atom is 0.410 e. The third-order valence-corrected chi connectivity index (χ3v) is 7.09. The second-order valence-corrected chi connectivity index (χ2v) is 10.5. The van der Waals surface area contributed by atoms with Gasteiger partial charge in [0.25, 0.3) is 0 Å². The van der Waals surface area contributed by atoms with Gasteiger partial charge in [0.2, 0.25) is 9.84 Å². The van der Waals surface area contributed by atoms with Gasteiger partial charge < -0.3 is 14.2 Å². The van der Waals surface area contributed by atoms with Gasteiger partial charge in [0.05, 0.1) is 12.8 Å². The summed E-state index contributed by atoms with van der Waals surface area (Å²) in [5.74, 6) is 0. The smallest absolute Gasteiger partial charge is 0.410 e. The predicted molar refractivity (Wildman–Crippen MR) is 117 cm³/mol. The summed E-state index contributed by atoms with van der Waals surface area (Å²) in [4.78, 5) is 12.5. The molecule has 1 unspecified atom stereocenters. The highest BCUT2D eigenvalue weighted by Crippen LogP contribution is 2.38. The molecule has 1 aliphatic carbocycles. The number of nitrogens with zero attached hydrogens (tertiary/aromatic N) is 2. The van der Waals surface area contributed by atoms with Crippen molar-refractivity contribution in [3.63, 3.8) is 0 Å². The number of sulfone groups is 1. The lowest BCUT2D eigenvalue weighted by molar-refractivity contribution is 0.0285. The number of ether oxygens (including phenoxy) is 1. The van der Waals surface area contributed by atoms with Crippen LogP contribution in [0.4, 0.5) is 4.79 Å². The van der Waals surface area contributed by atoms with Crippen LogP contribution in [0.1, 0.15) is 34.1 Å². The Kier molecular flexibility index (Phi) is 5.56. The molecule has 0 radical (unpaired) electrons. The van der Waals surface area contributed by atoms with Crippen molar-refractivity contribution in [2.24, 2.45) is 0 Å². The molecule has 1 aliphatic rings. The second-order valence-electron chi connectivity index (χ2n) is 8.34. The molecule has 0 aliphatic heterocycles. The number of rotatable bonds is 5. The lowest BCUT2D eigenvalue weighted by Gasteiger charge is -2.33. The maximum atomic E-state index is 13.7. The van der Waals surface area contributed by atoms with Gasteiger partial charge in [-0.2, -0.15) is 0 Å². The Labute approximate surface area is 179 Å². The summed E-state index contributed by atoms with van der Waals surface area (Å²) < 4.78 is 42.5. The van der Waals surface area contributed by atoms with Gasteiger partial charge in [-0.3, -0.25) is 0 Å². The first-order chi connectivity index (χ1) is 14.4. The average molecular weight is 430 g/mol. The Bertz CT molecular complexity index is 1110. The number of amides is 1.